The Morgan fingerprint density at radius 2 is 1.94 bits per heavy atom. The molecule has 0 saturated heterocycles. The SMILES string of the molecule is NCC(=O)N(Cc1ccccc1)CC(F)F. The molecular weight excluding hydrogens is 214 g/mol. The van der Waals surface area contributed by atoms with Gasteiger partial charge < -0.3 is 10.6 Å². The Bertz CT molecular complexity index is 330. The van der Waals surface area contributed by atoms with Crippen LogP contribution in [0.3, 0.4) is 0 Å². The molecule has 2 N–H and O–H groups in total. The van der Waals surface area contributed by atoms with Crippen molar-refractivity contribution in [2.75, 3.05) is 13.1 Å². The third-order valence-electron chi connectivity index (χ3n) is 2.10. The van der Waals surface area contributed by atoms with Gasteiger partial charge in [-0.1, -0.05) is 30.3 Å². The van der Waals surface area contributed by atoms with Crippen molar-refractivity contribution in [3.8, 4) is 0 Å². The van der Waals surface area contributed by atoms with Crippen LogP contribution >= 0.6 is 0 Å². The molecule has 0 aromatic heterocycles. The first kappa shape index (κ1) is 12.6. The van der Waals surface area contributed by atoms with Crippen molar-refractivity contribution in [1.29, 1.82) is 0 Å². The summed E-state index contributed by atoms with van der Waals surface area (Å²) < 4.78 is 24.5. The van der Waals surface area contributed by atoms with Crippen molar-refractivity contribution in [2.45, 2.75) is 13.0 Å². The largest absolute Gasteiger partial charge is 0.332 e. The lowest BCUT2D eigenvalue weighted by Gasteiger charge is -2.21. The molecule has 0 aliphatic rings. The third kappa shape index (κ3) is 3.94. The maximum atomic E-state index is 12.2. The fourth-order valence-corrected chi connectivity index (χ4v) is 1.35. The van der Waals surface area contributed by atoms with Gasteiger partial charge in [-0.3, -0.25) is 4.79 Å². The fourth-order valence-electron chi connectivity index (χ4n) is 1.35. The molecule has 1 amide bonds. The monoisotopic (exact) mass is 228 g/mol. The van der Waals surface area contributed by atoms with Crippen molar-refractivity contribution in [1.82, 2.24) is 4.90 Å². The van der Waals surface area contributed by atoms with Crippen molar-refractivity contribution in [2.24, 2.45) is 5.73 Å². The van der Waals surface area contributed by atoms with E-state index in [1.807, 2.05) is 6.07 Å². The minimum atomic E-state index is -2.54. The first-order chi connectivity index (χ1) is 7.63. The average Bonchev–Trinajstić information content (AvgIpc) is 2.28. The maximum Gasteiger partial charge on any atom is 0.255 e. The third-order valence-corrected chi connectivity index (χ3v) is 2.10. The number of halogens is 2. The predicted molar refractivity (Wildman–Crippen MR) is 56.9 cm³/mol. The van der Waals surface area contributed by atoms with Gasteiger partial charge in [-0.2, -0.15) is 0 Å². The molecule has 0 bridgehead atoms. The van der Waals surface area contributed by atoms with Gasteiger partial charge >= 0.3 is 0 Å². The summed E-state index contributed by atoms with van der Waals surface area (Å²) >= 11 is 0. The minimum absolute atomic E-state index is 0.168. The smallest absolute Gasteiger partial charge is 0.255 e. The molecule has 0 atom stereocenters. The molecule has 1 aromatic rings. The molecular formula is C11H14F2N2O. The summed E-state index contributed by atoms with van der Waals surface area (Å²) in [6.07, 6.45) is -2.54. The van der Waals surface area contributed by atoms with Crippen LogP contribution in [0.25, 0.3) is 0 Å². The van der Waals surface area contributed by atoms with E-state index in [9.17, 15) is 13.6 Å². The van der Waals surface area contributed by atoms with E-state index >= 15 is 0 Å². The molecule has 0 saturated carbocycles. The van der Waals surface area contributed by atoms with Crippen LogP contribution in [0.2, 0.25) is 0 Å². The minimum Gasteiger partial charge on any atom is -0.332 e. The number of carbonyl (C=O) groups is 1. The summed E-state index contributed by atoms with van der Waals surface area (Å²) in [5.74, 6) is -0.468. The molecule has 0 heterocycles. The van der Waals surface area contributed by atoms with Crippen LogP contribution in [0.4, 0.5) is 8.78 Å². The number of nitrogens with zero attached hydrogens (tertiary/aromatic N) is 1. The first-order valence-electron chi connectivity index (χ1n) is 4.93. The number of hydrogen-bond donors (Lipinski definition) is 1. The zero-order valence-corrected chi connectivity index (χ0v) is 8.77. The Balaban J connectivity index is 2.67. The molecule has 0 aliphatic carbocycles. The van der Waals surface area contributed by atoms with Crippen LogP contribution in [0.15, 0.2) is 30.3 Å². The highest BCUT2D eigenvalue weighted by Crippen LogP contribution is 2.07. The summed E-state index contributed by atoms with van der Waals surface area (Å²) in [6.45, 7) is -0.661. The normalized spacial score (nSPS) is 10.5. The molecule has 5 heteroatoms. The molecule has 0 spiro atoms. The summed E-state index contributed by atoms with van der Waals surface area (Å²) in [5, 5.41) is 0. The topological polar surface area (TPSA) is 46.3 Å². The van der Waals surface area contributed by atoms with E-state index in [4.69, 9.17) is 5.73 Å². The van der Waals surface area contributed by atoms with Crippen LogP contribution in [0.5, 0.6) is 0 Å². The quantitative estimate of drug-likeness (QED) is 0.824. The Morgan fingerprint density at radius 3 is 2.44 bits per heavy atom. The fraction of sp³-hybridized carbons (Fsp3) is 0.364. The highest BCUT2D eigenvalue weighted by molar-refractivity contribution is 5.78. The zero-order chi connectivity index (χ0) is 12.0. The molecule has 0 aliphatic heterocycles. The Hall–Kier alpha value is -1.49. The highest BCUT2D eigenvalue weighted by Gasteiger charge is 2.16. The van der Waals surface area contributed by atoms with Crippen LogP contribution in [-0.4, -0.2) is 30.3 Å². The van der Waals surface area contributed by atoms with E-state index in [2.05, 4.69) is 0 Å². The van der Waals surface area contributed by atoms with Crippen LogP contribution in [0.1, 0.15) is 5.56 Å². The van der Waals surface area contributed by atoms with Gasteiger partial charge in [-0.25, -0.2) is 8.78 Å². The summed E-state index contributed by atoms with van der Waals surface area (Å²) in [7, 11) is 0. The summed E-state index contributed by atoms with van der Waals surface area (Å²) in [4.78, 5) is 12.4. The second-order valence-corrected chi connectivity index (χ2v) is 3.36. The zero-order valence-electron chi connectivity index (χ0n) is 8.77. The molecule has 0 radical (unpaired) electrons. The number of hydrogen-bond acceptors (Lipinski definition) is 2. The standard InChI is InChI=1S/C11H14F2N2O/c12-10(13)8-15(11(16)6-14)7-9-4-2-1-3-5-9/h1-5,10H,6-8,14H2. The van der Waals surface area contributed by atoms with Crippen molar-refractivity contribution < 1.29 is 13.6 Å². The summed E-state index contributed by atoms with van der Waals surface area (Å²) in [5.41, 5.74) is 5.98. The summed E-state index contributed by atoms with van der Waals surface area (Å²) in [6, 6.07) is 8.97. The Kier molecular flexibility index (Phi) is 4.85. The molecule has 0 fully saturated rings. The maximum absolute atomic E-state index is 12.2. The number of amides is 1. The second kappa shape index (κ2) is 6.17. The number of rotatable bonds is 5. The predicted octanol–water partition coefficient (Wildman–Crippen LogP) is 1.24. The molecule has 3 nitrogen and oxygen atoms in total. The van der Waals surface area contributed by atoms with Crippen molar-refractivity contribution >= 4 is 5.91 Å². The Labute approximate surface area is 92.8 Å². The molecule has 16 heavy (non-hydrogen) atoms. The number of benzene rings is 1. The van der Waals surface area contributed by atoms with Crippen molar-refractivity contribution in [3.63, 3.8) is 0 Å². The van der Waals surface area contributed by atoms with E-state index < -0.39 is 18.9 Å². The highest BCUT2D eigenvalue weighted by atomic mass is 19.3. The van der Waals surface area contributed by atoms with Gasteiger partial charge in [-0.15, -0.1) is 0 Å². The molecule has 1 rings (SSSR count). The van der Waals surface area contributed by atoms with Gasteiger partial charge in [0.25, 0.3) is 6.43 Å². The van der Waals surface area contributed by atoms with Gasteiger partial charge in [-0.05, 0) is 5.56 Å². The van der Waals surface area contributed by atoms with E-state index in [1.54, 1.807) is 24.3 Å². The lowest BCUT2D eigenvalue weighted by atomic mass is 10.2. The number of nitrogens with two attached hydrogens (primary N) is 1. The van der Waals surface area contributed by atoms with Crippen LogP contribution in [0, 0.1) is 0 Å². The number of alkyl halides is 2. The Morgan fingerprint density at radius 1 is 1.31 bits per heavy atom. The van der Waals surface area contributed by atoms with E-state index in [0.717, 1.165) is 10.5 Å². The van der Waals surface area contributed by atoms with Gasteiger partial charge in [0.05, 0.1) is 13.1 Å². The van der Waals surface area contributed by atoms with E-state index in [-0.39, 0.29) is 13.1 Å². The average molecular weight is 228 g/mol. The number of carbonyl (C=O) groups excluding carboxylic acids is 1. The van der Waals surface area contributed by atoms with Gasteiger partial charge in [0.1, 0.15) is 0 Å². The lowest BCUT2D eigenvalue weighted by molar-refractivity contribution is -0.132. The second-order valence-electron chi connectivity index (χ2n) is 3.36. The molecule has 0 unspecified atom stereocenters. The van der Waals surface area contributed by atoms with Crippen LogP contribution < -0.4 is 5.73 Å². The van der Waals surface area contributed by atoms with E-state index in [1.165, 1.54) is 0 Å². The van der Waals surface area contributed by atoms with Gasteiger partial charge in [0, 0.05) is 6.54 Å². The van der Waals surface area contributed by atoms with Crippen LogP contribution in [-0.2, 0) is 11.3 Å². The van der Waals surface area contributed by atoms with E-state index in [0.29, 0.717) is 0 Å². The van der Waals surface area contributed by atoms with Gasteiger partial charge in [0.15, 0.2) is 0 Å². The lowest BCUT2D eigenvalue weighted by Crippen LogP contribution is -2.38. The molecule has 1 aromatic carbocycles. The van der Waals surface area contributed by atoms with Gasteiger partial charge in [0.2, 0.25) is 5.91 Å². The first-order valence-corrected chi connectivity index (χ1v) is 4.93. The molecule has 88 valence electrons. The van der Waals surface area contributed by atoms with Crippen molar-refractivity contribution in [3.05, 3.63) is 35.9 Å².